The van der Waals surface area contributed by atoms with Gasteiger partial charge in [0.15, 0.2) is 0 Å². The first-order valence-corrected chi connectivity index (χ1v) is 8.87. The number of nitriles is 4. The number of Topliss-reactive ketones (excluding diaryl/α,β-unsaturated/α-hetero) is 2. The average molecular weight is 486 g/mol. The normalized spacial score (nSPS) is 10.9. The molecule has 0 bridgehead atoms. The molecule has 3 aromatic rings. The van der Waals surface area contributed by atoms with Gasteiger partial charge in [-0.15, -0.1) is 0 Å². The van der Waals surface area contributed by atoms with Gasteiger partial charge in [0, 0.05) is 11.1 Å². The zero-order valence-corrected chi connectivity index (χ0v) is 25.0. The van der Waals surface area contributed by atoms with Gasteiger partial charge in [-0.2, -0.15) is 21.0 Å². The summed E-state index contributed by atoms with van der Waals surface area (Å²) in [5.41, 5.74) is -1.11. The van der Waals surface area contributed by atoms with Gasteiger partial charge in [-0.3, -0.25) is 9.59 Å². The molecule has 0 aliphatic heterocycles. The molecular weight excluding hydrogens is 477 g/mol. The van der Waals surface area contributed by atoms with Gasteiger partial charge in [0.05, 0.1) is 23.3 Å². The number of nitrogens with zero attached hydrogens (tertiary/aromatic N) is 4. The van der Waals surface area contributed by atoms with E-state index in [1.54, 1.807) is 48.5 Å². The van der Waals surface area contributed by atoms with Crippen LogP contribution in [0.3, 0.4) is 0 Å². The van der Waals surface area contributed by atoms with E-state index in [1.165, 1.54) is 24.3 Å². The van der Waals surface area contributed by atoms with Crippen LogP contribution in [0.2, 0.25) is 0 Å². The molecule has 152 valence electrons. The second-order valence-corrected chi connectivity index (χ2v) is 6.35. The number of benzene rings is 3. The summed E-state index contributed by atoms with van der Waals surface area (Å²) in [5.74, 6) is -2.24. The topological polar surface area (TPSA) is 175 Å². The Morgan fingerprint density at radius 1 is 0.571 bits per heavy atom. The van der Waals surface area contributed by atoms with Crippen LogP contribution in [0.4, 0.5) is 0 Å². The molecule has 0 radical (unpaired) electrons. The van der Waals surface area contributed by atoms with E-state index in [0.717, 1.165) is 0 Å². The van der Waals surface area contributed by atoms with Crippen molar-refractivity contribution in [3.63, 3.8) is 0 Å². The molecule has 35 heavy (non-hydrogen) atoms. The average Bonchev–Trinajstić information content (AvgIpc) is 2.83. The number of hydrogen-bond donors (Lipinski definition) is 0. The Bertz CT molecular complexity index is 1430. The Balaban J connectivity index is 0. The fraction of sp³-hybridized carbons (Fsp3) is 0. The maximum atomic E-state index is 11.8. The van der Waals surface area contributed by atoms with Gasteiger partial charge < -0.3 is 11.6 Å². The molecule has 8 nitrogen and oxygen atoms in total. The predicted octanol–water partition coefficient (Wildman–Crippen LogP) is -6.74. The second-order valence-electron chi connectivity index (χ2n) is 6.35. The molecule has 0 aromatic heterocycles. The fourth-order valence-corrected chi connectivity index (χ4v) is 3.18. The maximum absolute atomic E-state index is 11.8. The van der Waals surface area contributed by atoms with Crippen molar-refractivity contribution < 1.29 is 110 Å². The SMILES string of the molecule is N#CC1=C(C#N)C(=O)c2ccccc2C1=O.N#Cc1c(C#N)c([O-])c2ccccc2c1[O-].[H-].[Na+].[Na+].[Na+]. The van der Waals surface area contributed by atoms with Gasteiger partial charge in [0.2, 0.25) is 11.6 Å². The minimum absolute atomic E-state index is 0. The second kappa shape index (κ2) is 14.2. The van der Waals surface area contributed by atoms with Crippen molar-refractivity contribution in [2.24, 2.45) is 0 Å². The van der Waals surface area contributed by atoms with Crippen LogP contribution in [0.25, 0.3) is 10.8 Å². The number of hydrogen-bond acceptors (Lipinski definition) is 8. The Morgan fingerprint density at radius 2 is 0.886 bits per heavy atom. The van der Waals surface area contributed by atoms with Crippen LogP contribution in [0, 0.1) is 45.3 Å². The minimum atomic E-state index is -0.561. The zero-order chi connectivity index (χ0) is 23.4. The molecule has 0 N–H and O–H groups in total. The van der Waals surface area contributed by atoms with Crippen molar-refractivity contribution in [1.82, 2.24) is 0 Å². The first kappa shape index (κ1) is 32.6. The number of carbonyl (C=O) groups excluding carboxylic acids is 2. The summed E-state index contributed by atoms with van der Waals surface area (Å²) >= 11 is 0. The summed E-state index contributed by atoms with van der Waals surface area (Å²) in [6.07, 6.45) is 0. The standard InChI is InChI=1S/C12H6N2O2.C12H4N2O2.3Na.H/c2*13-5-9-10(6-14)12(16)8-4-2-1-3-7(8)11(9)15;;;;/h1-4,15-16H;1-4H;;;;/q;;3*+1;-1/p-2. The predicted molar refractivity (Wildman–Crippen MR) is 107 cm³/mol. The van der Waals surface area contributed by atoms with Crippen LogP contribution < -0.4 is 98.9 Å². The Hall–Kier alpha value is -2.44. The van der Waals surface area contributed by atoms with Crippen molar-refractivity contribution in [2.45, 2.75) is 0 Å². The van der Waals surface area contributed by atoms with Crippen LogP contribution in [0.1, 0.15) is 33.3 Å². The number of fused-ring (bicyclic) bond motifs is 2. The van der Waals surface area contributed by atoms with Gasteiger partial charge in [-0.1, -0.05) is 60.0 Å². The molecule has 0 fully saturated rings. The van der Waals surface area contributed by atoms with E-state index in [2.05, 4.69) is 0 Å². The molecule has 4 rings (SSSR count). The van der Waals surface area contributed by atoms with Crippen molar-refractivity contribution in [2.75, 3.05) is 0 Å². The van der Waals surface area contributed by atoms with Crippen molar-refractivity contribution in [3.05, 3.63) is 81.9 Å². The molecular formula is C24H9N4Na3O4. The third-order valence-corrected chi connectivity index (χ3v) is 4.69. The van der Waals surface area contributed by atoms with Crippen molar-refractivity contribution >= 4 is 22.3 Å². The molecule has 0 spiro atoms. The smallest absolute Gasteiger partial charge is 1.00 e. The number of allylic oxidation sites excluding steroid dienone is 2. The number of rotatable bonds is 0. The molecule has 1 aliphatic carbocycles. The van der Waals surface area contributed by atoms with Gasteiger partial charge in [-0.05, 0) is 10.8 Å². The minimum Gasteiger partial charge on any atom is -1.00 e. The molecule has 0 amide bonds. The molecule has 1 aliphatic rings. The Kier molecular flexibility index (Phi) is 13.2. The van der Waals surface area contributed by atoms with Gasteiger partial charge in [0.1, 0.15) is 23.3 Å². The van der Waals surface area contributed by atoms with E-state index in [0.29, 0.717) is 0 Å². The van der Waals surface area contributed by atoms with Gasteiger partial charge >= 0.3 is 88.7 Å². The van der Waals surface area contributed by atoms with Gasteiger partial charge in [-0.25, -0.2) is 0 Å². The first-order valence-electron chi connectivity index (χ1n) is 8.87. The summed E-state index contributed by atoms with van der Waals surface area (Å²) in [7, 11) is 0. The Morgan fingerprint density at radius 3 is 1.17 bits per heavy atom. The largest absolute Gasteiger partial charge is 1.00 e. The van der Waals surface area contributed by atoms with Crippen LogP contribution in [-0.4, -0.2) is 11.6 Å². The maximum Gasteiger partial charge on any atom is 1.00 e. The van der Waals surface area contributed by atoms with Gasteiger partial charge in [0.25, 0.3) is 0 Å². The molecule has 11 heteroatoms. The van der Waals surface area contributed by atoms with Crippen LogP contribution in [-0.2, 0) is 0 Å². The molecule has 0 saturated heterocycles. The van der Waals surface area contributed by atoms with E-state index < -0.39 is 23.1 Å². The fourth-order valence-electron chi connectivity index (χ4n) is 3.18. The van der Waals surface area contributed by atoms with Crippen LogP contribution in [0.5, 0.6) is 11.5 Å². The van der Waals surface area contributed by atoms with E-state index in [4.69, 9.17) is 21.0 Å². The van der Waals surface area contributed by atoms with Crippen molar-refractivity contribution in [1.29, 1.82) is 21.0 Å². The molecule has 0 unspecified atom stereocenters. The van der Waals surface area contributed by atoms with Crippen LogP contribution in [0.15, 0.2) is 59.7 Å². The molecule has 0 heterocycles. The summed E-state index contributed by atoms with van der Waals surface area (Å²) in [6, 6.07) is 18.8. The van der Waals surface area contributed by atoms with Crippen molar-refractivity contribution in [3.8, 4) is 35.8 Å². The monoisotopic (exact) mass is 486 g/mol. The van der Waals surface area contributed by atoms with Crippen LogP contribution >= 0.6 is 0 Å². The van der Waals surface area contributed by atoms with E-state index in [1.807, 2.05) is 0 Å². The summed E-state index contributed by atoms with van der Waals surface area (Å²) in [5, 5.41) is 59.0. The molecule has 0 atom stereocenters. The number of carbonyl (C=O) groups is 2. The third-order valence-electron chi connectivity index (χ3n) is 4.69. The first-order chi connectivity index (χ1) is 15.4. The summed E-state index contributed by atoms with van der Waals surface area (Å²) in [4.78, 5) is 23.6. The third kappa shape index (κ3) is 6.04. The summed E-state index contributed by atoms with van der Waals surface area (Å²) < 4.78 is 0. The number of ketones is 2. The quantitative estimate of drug-likeness (QED) is 0.282. The zero-order valence-electron chi connectivity index (χ0n) is 20.0. The van der Waals surface area contributed by atoms with E-state index in [-0.39, 0.29) is 134 Å². The molecule has 0 saturated carbocycles. The van der Waals surface area contributed by atoms with E-state index >= 15 is 0 Å². The van der Waals surface area contributed by atoms with E-state index in [9.17, 15) is 19.8 Å². The summed E-state index contributed by atoms with van der Waals surface area (Å²) in [6.45, 7) is 0. The Labute approximate surface area is 268 Å². The molecule has 3 aromatic carbocycles.